The molecule has 2 aromatic rings. The van der Waals surface area contributed by atoms with Crippen molar-refractivity contribution in [2.24, 2.45) is 0 Å². The lowest BCUT2D eigenvalue weighted by atomic mass is 9.87. The number of carbonyl (C=O) groups is 4. The standard InChI is InChI=1S/C21H19Cl2N3O5/c1-2-21(13-7-4-3-5-8-13)19(29)26(20(30)25-21)11-17(28)31-12-16(27)24-15-10-6-9-14(22)18(15)23/h3-10H,2,11-12H2,1H3,(H,24,27)(H,25,30). The third-order valence-electron chi connectivity index (χ3n) is 4.85. The third kappa shape index (κ3) is 4.65. The second-order valence-electron chi connectivity index (χ2n) is 6.76. The molecule has 31 heavy (non-hydrogen) atoms. The van der Waals surface area contributed by atoms with Gasteiger partial charge in [-0.3, -0.25) is 19.3 Å². The predicted octanol–water partition coefficient (Wildman–Crippen LogP) is 3.33. The van der Waals surface area contributed by atoms with E-state index in [4.69, 9.17) is 27.9 Å². The second kappa shape index (κ2) is 9.36. The Balaban J connectivity index is 1.60. The minimum atomic E-state index is -1.25. The van der Waals surface area contributed by atoms with Gasteiger partial charge in [0, 0.05) is 0 Å². The second-order valence-corrected chi connectivity index (χ2v) is 7.54. The summed E-state index contributed by atoms with van der Waals surface area (Å²) in [6.45, 7) is 0.520. The van der Waals surface area contributed by atoms with E-state index in [-0.39, 0.29) is 15.7 Å². The Hall–Kier alpha value is -3.10. The molecule has 1 saturated heterocycles. The van der Waals surface area contributed by atoms with Gasteiger partial charge in [-0.2, -0.15) is 0 Å². The van der Waals surface area contributed by atoms with Gasteiger partial charge in [-0.15, -0.1) is 0 Å². The van der Waals surface area contributed by atoms with Crippen molar-refractivity contribution in [3.8, 4) is 0 Å². The molecule has 0 bridgehead atoms. The van der Waals surface area contributed by atoms with Crippen LogP contribution in [0.1, 0.15) is 18.9 Å². The minimum absolute atomic E-state index is 0.153. The van der Waals surface area contributed by atoms with Crippen LogP contribution >= 0.6 is 23.2 Å². The zero-order valence-electron chi connectivity index (χ0n) is 16.5. The van der Waals surface area contributed by atoms with Crippen LogP contribution in [0.3, 0.4) is 0 Å². The zero-order valence-corrected chi connectivity index (χ0v) is 18.0. The van der Waals surface area contributed by atoms with Crippen molar-refractivity contribution >= 4 is 52.7 Å². The summed E-state index contributed by atoms with van der Waals surface area (Å²) in [5, 5.41) is 5.55. The van der Waals surface area contributed by atoms with E-state index >= 15 is 0 Å². The van der Waals surface area contributed by atoms with Crippen molar-refractivity contribution in [2.75, 3.05) is 18.5 Å². The predicted molar refractivity (Wildman–Crippen MR) is 115 cm³/mol. The van der Waals surface area contributed by atoms with Crippen LogP contribution in [0.2, 0.25) is 10.0 Å². The molecular formula is C21H19Cl2N3O5. The van der Waals surface area contributed by atoms with E-state index in [2.05, 4.69) is 10.6 Å². The highest BCUT2D eigenvalue weighted by molar-refractivity contribution is 6.44. The summed E-state index contributed by atoms with van der Waals surface area (Å²) in [7, 11) is 0. The van der Waals surface area contributed by atoms with Gasteiger partial charge in [-0.25, -0.2) is 4.79 Å². The Morgan fingerprint density at radius 1 is 1.10 bits per heavy atom. The van der Waals surface area contributed by atoms with Gasteiger partial charge in [-0.05, 0) is 24.1 Å². The molecule has 1 unspecified atom stereocenters. The number of esters is 1. The number of nitrogens with one attached hydrogen (secondary N) is 2. The molecule has 10 heteroatoms. The molecule has 0 saturated carbocycles. The number of nitrogens with zero attached hydrogens (tertiary/aromatic N) is 1. The molecule has 1 aliphatic heterocycles. The van der Waals surface area contributed by atoms with Crippen molar-refractivity contribution < 1.29 is 23.9 Å². The van der Waals surface area contributed by atoms with E-state index in [1.165, 1.54) is 6.07 Å². The van der Waals surface area contributed by atoms with Crippen LogP contribution in [-0.4, -0.2) is 41.9 Å². The maximum Gasteiger partial charge on any atom is 0.326 e. The summed E-state index contributed by atoms with van der Waals surface area (Å²) < 4.78 is 4.91. The first-order chi connectivity index (χ1) is 14.8. The molecule has 162 valence electrons. The largest absolute Gasteiger partial charge is 0.454 e. The Kier molecular flexibility index (Phi) is 6.82. The minimum Gasteiger partial charge on any atom is -0.454 e. The Morgan fingerprint density at radius 3 is 2.48 bits per heavy atom. The highest BCUT2D eigenvalue weighted by atomic mass is 35.5. The molecule has 0 radical (unpaired) electrons. The first-order valence-electron chi connectivity index (χ1n) is 9.37. The summed E-state index contributed by atoms with van der Waals surface area (Å²) in [6, 6.07) is 12.8. The van der Waals surface area contributed by atoms with Crippen LogP contribution in [0.15, 0.2) is 48.5 Å². The Labute approximate surface area is 188 Å². The maximum absolute atomic E-state index is 13.0. The smallest absolute Gasteiger partial charge is 0.326 e. The Morgan fingerprint density at radius 2 is 1.81 bits per heavy atom. The van der Waals surface area contributed by atoms with E-state index in [0.29, 0.717) is 12.0 Å². The van der Waals surface area contributed by atoms with E-state index in [0.717, 1.165) is 4.90 Å². The van der Waals surface area contributed by atoms with E-state index in [1.54, 1.807) is 49.4 Å². The van der Waals surface area contributed by atoms with Gasteiger partial charge >= 0.3 is 12.0 Å². The number of rotatable bonds is 7. The fourth-order valence-corrected chi connectivity index (χ4v) is 3.59. The lowest BCUT2D eigenvalue weighted by Crippen LogP contribution is -2.44. The number of carbonyl (C=O) groups excluding carboxylic acids is 4. The number of imide groups is 1. The number of benzene rings is 2. The molecular weight excluding hydrogens is 445 g/mol. The van der Waals surface area contributed by atoms with Crippen molar-refractivity contribution in [2.45, 2.75) is 18.9 Å². The first kappa shape index (κ1) is 22.6. The molecule has 1 heterocycles. The summed E-state index contributed by atoms with van der Waals surface area (Å²) in [5.41, 5.74) is -0.372. The van der Waals surface area contributed by atoms with Gasteiger partial charge in [0.25, 0.3) is 11.8 Å². The fraction of sp³-hybridized carbons (Fsp3) is 0.238. The van der Waals surface area contributed by atoms with Gasteiger partial charge in [0.2, 0.25) is 0 Å². The van der Waals surface area contributed by atoms with Crippen molar-refractivity contribution in [3.05, 3.63) is 64.1 Å². The molecule has 2 aromatic carbocycles. The molecule has 0 aromatic heterocycles. The van der Waals surface area contributed by atoms with Gasteiger partial charge in [0.15, 0.2) is 6.61 Å². The van der Waals surface area contributed by atoms with Crippen molar-refractivity contribution in [3.63, 3.8) is 0 Å². The van der Waals surface area contributed by atoms with Gasteiger partial charge in [0.05, 0.1) is 15.7 Å². The molecule has 8 nitrogen and oxygen atoms in total. The van der Waals surface area contributed by atoms with Gasteiger partial charge in [0.1, 0.15) is 12.1 Å². The van der Waals surface area contributed by atoms with Crippen LogP contribution in [0, 0.1) is 0 Å². The van der Waals surface area contributed by atoms with E-state index in [9.17, 15) is 19.2 Å². The van der Waals surface area contributed by atoms with Crippen molar-refractivity contribution in [1.29, 1.82) is 0 Å². The fourth-order valence-electron chi connectivity index (χ4n) is 3.24. The molecule has 1 atom stereocenters. The number of ether oxygens (including phenoxy) is 1. The summed E-state index contributed by atoms with van der Waals surface area (Å²) in [6.07, 6.45) is 0.302. The Bertz CT molecular complexity index is 1030. The van der Waals surface area contributed by atoms with Crippen LogP contribution in [0.4, 0.5) is 10.5 Å². The number of hydrogen-bond donors (Lipinski definition) is 2. The van der Waals surface area contributed by atoms with Crippen LogP contribution in [0.5, 0.6) is 0 Å². The molecule has 1 aliphatic rings. The number of halogens is 2. The summed E-state index contributed by atoms with van der Waals surface area (Å²) in [4.78, 5) is 50.4. The molecule has 0 spiro atoms. The van der Waals surface area contributed by atoms with E-state index < -0.39 is 42.5 Å². The third-order valence-corrected chi connectivity index (χ3v) is 5.67. The summed E-state index contributed by atoms with van der Waals surface area (Å²) in [5.74, 6) is -2.11. The average Bonchev–Trinajstić information content (AvgIpc) is 3.01. The monoisotopic (exact) mass is 463 g/mol. The van der Waals surface area contributed by atoms with Crippen LogP contribution < -0.4 is 10.6 Å². The molecule has 0 aliphatic carbocycles. The van der Waals surface area contributed by atoms with Crippen molar-refractivity contribution in [1.82, 2.24) is 10.2 Å². The van der Waals surface area contributed by atoms with E-state index in [1.807, 2.05) is 0 Å². The zero-order chi connectivity index (χ0) is 22.6. The lowest BCUT2D eigenvalue weighted by molar-refractivity contribution is -0.150. The summed E-state index contributed by atoms with van der Waals surface area (Å²) >= 11 is 11.9. The quantitative estimate of drug-likeness (QED) is 0.483. The number of hydrogen-bond acceptors (Lipinski definition) is 5. The normalized spacial score (nSPS) is 18.0. The molecule has 2 N–H and O–H groups in total. The lowest BCUT2D eigenvalue weighted by Gasteiger charge is -2.25. The average molecular weight is 464 g/mol. The number of urea groups is 1. The topological polar surface area (TPSA) is 105 Å². The van der Waals surface area contributed by atoms with Gasteiger partial charge in [-0.1, -0.05) is 66.5 Å². The SMILES string of the molecule is CCC1(c2ccccc2)NC(=O)N(CC(=O)OCC(=O)Nc2cccc(Cl)c2Cl)C1=O. The van der Waals surface area contributed by atoms with Crippen LogP contribution in [-0.2, 0) is 24.7 Å². The molecule has 3 rings (SSSR count). The van der Waals surface area contributed by atoms with Gasteiger partial charge < -0.3 is 15.4 Å². The molecule has 1 fully saturated rings. The highest BCUT2D eigenvalue weighted by Crippen LogP contribution is 2.32. The van der Waals surface area contributed by atoms with Crippen LogP contribution in [0.25, 0.3) is 0 Å². The maximum atomic E-state index is 13.0. The highest BCUT2D eigenvalue weighted by Gasteiger charge is 2.51. The molecule has 4 amide bonds. The first-order valence-corrected chi connectivity index (χ1v) is 10.1. The number of amides is 4. The number of anilines is 1.